The van der Waals surface area contributed by atoms with Crippen molar-refractivity contribution in [3.63, 3.8) is 0 Å². The minimum Gasteiger partial charge on any atom is -0.340 e. The Morgan fingerprint density at radius 2 is 1.72 bits per heavy atom. The molecule has 25 heavy (non-hydrogen) atoms. The van der Waals surface area contributed by atoms with E-state index in [2.05, 4.69) is 36.1 Å². The normalized spacial score (nSPS) is 15.4. The summed E-state index contributed by atoms with van der Waals surface area (Å²) in [6.07, 6.45) is 1.16. The molecular formula is C21H25FN2O. The molecule has 1 aliphatic rings. The number of nitrogens with zero attached hydrogens (tertiary/aromatic N) is 2. The van der Waals surface area contributed by atoms with Crippen LogP contribution in [0.2, 0.25) is 0 Å². The highest BCUT2D eigenvalue weighted by atomic mass is 19.1. The Hall–Kier alpha value is -2.20. The molecule has 0 atom stereocenters. The van der Waals surface area contributed by atoms with E-state index >= 15 is 0 Å². The maximum Gasteiger partial charge on any atom is 0.222 e. The average Bonchev–Trinajstić information content (AvgIpc) is 2.62. The van der Waals surface area contributed by atoms with Gasteiger partial charge in [0.05, 0.1) is 0 Å². The summed E-state index contributed by atoms with van der Waals surface area (Å²) in [4.78, 5) is 16.7. The lowest BCUT2D eigenvalue weighted by molar-refractivity contribution is -0.133. The highest BCUT2D eigenvalue weighted by Gasteiger charge is 2.20. The summed E-state index contributed by atoms with van der Waals surface area (Å²) in [5.41, 5.74) is 3.62. The van der Waals surface area contributed by atoms with Crippen molar-refractivity contribution >= 4 is 5.91 Å². The maximum absolute atomic E-state index is 12.9. The van der Waals surface area contributed by atoms with E-state index in [9.17, 15) is 9.18 Å². The smallest absolute Gasteiger partial charge is 0.222 e. The molecule has 4 heteroatoms. The van der Waals surface area contributed by atoms with Crippen LogP contribution in [0, 0.1) is 12.7 Å². The summed E-state index contributed by atoms with van der Waals surface area (Å²) in [5.74, 6) is -0.0423. The zero-order chi connectivity index (χ0) is 17.6. The first-order chi connectivity index (χ1) is 12.1. The topological polar surface area (TPSA) is 23.6 Å². The molecule has 1 heterocycles. The number of amides is 1. The van der Waals surface area contributed by atoms with Crippen LogP contribution in [0.3, 0.4) is 0 Å². The van der Waals surface area contributed by atoms with Crippen LogP contribution in [0.4, 0.5) is 4.39 Å². The minimum absolute atomic E-state index is 0.194. The summed E-state index contributed by atoms with van der Waals surface area (Å²) in [5, 5.41) is 0. The second-order valence-corrected chi connectivity index (χ2v) is 6.77. The van der Waals surface area contributed by atoms with Crippen molar-refractivity contribution in [3.05, 3.63) is 71.0 Å². The predicted octanol–water partition coefficient (Wildman–Crippen LogP) is 3.41. The molecule has 1 amide bonds. The zero-order valence-corrected chi connectivity index (χ0v) is 14.7. The SMILES string of the molecule is Cc1cccc(CN2CCN(C(=O)CCc3ccc(F)cc3)CC2)c1. The Morgan fingerprint density at radius 3 is 2.40 bits per heavy atom. The van der Waals surface area contributed by atoms with Crippen molar-refractivity contribution in [2.75, 3.05) is 26.2 Å². The van der Waals surface area contributed by atoms with Crippen LogP contribution in [0.25, 0.3) is 0 Å². The Kier molecular flexibility index (Phi) is 5.82. The van der Waals surface area contributed by atoms with Crippen molar-refractivity contribution in [3.8, 4) is 0 Å². The van der Waals surface area contributed by atoms with Gasteiger partial charge in [-0.05, 0) is 36.6 Å². The number of carbonyl (C=O) groups is 1. The number of hydrogen-bond donors (Lipinski definition) is 0. The fourth-order valence-electron chi connectivity index (χ4n) is 3.28. The van der Waals surface area contributed by atoms with Gasteiger partial charge in [0.1, 0.15) is 5.82 Å². The fourth-order valence-corrected chi connectivity index (χ4v) is 3.28. The van der Waals surface area contributed by atoms with Crippen LogP contribution >= 0.6 is 0 Å². The number of benzene rings is 2. The van der Waals surface area contributed by atoms with Crippen LogP contribution < -0.4 is 0 Å². The van der Waals surface area contributed by atoms with Gasteiger partial charge in [-0.2, -0.15) is 0 Å². The third kappa shape index (κ3) is 5.13. The van der Waals surface area contributed by atoms with Crippen LogP contribution in [0.15, 0.2) is 48.5 Å². The number of hydrogen-bond acceptors (Lipinski definition) is 2. The van der Waals surface area contributed by atoms with E-state index in [0.29, 0.717) is 12.8 Å². The van der Waals surface area contributed by atoms with E-state index in [4.69, 9.17) is 0 Å². The molecule has 0 bridgehead atoms. The Morgan fingerprint density at radius 1 is 1.00 bits per heavy atom. The van der Waals surface area contributed by atoms with Crippen molar-refractivity contribution in [2.24, 2.45) is 0 Å². The molecule has 0 aromatic heterocycles. The van der Waals surface area contributed by atoms with Gasteiger partial charge in [-0.3, -0.25) is 9.69 Å². The summed E-state index contributed by atoms with van der Waals surface area (Å²) in [6.45, 7) is 6.45. The first-order valence-electron chi connectivity index (χ1n) is 8.90. The molecule has 0 aliphatic carbocycles. The van der Waals surface area contributed by atoms with Crippen molar-refractivity contribution < 1.29 is 9.18 Å². The molecular weight excluding hydrogens is 315 g/mol. The lowest BCUT2D eigenvalue weighted by atomic mass is 10.1. The molecule has 0 N–H and O–H groups in total. The molecule has 0 saturated carbocycles. The molecule has 132 valence electrons. The third-order valence-corrected chi connectivity index (χ3v) is 4.75. The molecule has 1 saturated heterocycles. The molecule has 2 aromatic carbocycles. The van der Waals surface area contributed by atoms with Gasteiger partial charge in [0.15, 0.2) is 0 Å². The quantitative estimate of drug-likeness (QED) is 0.833. The number of piperazine rings is 1. The molecule has 2 aromatic rings. The summed E-state index contributed by atoms with van der Waals surface area (Å²) >= 11 is 0. The van der Waals surface area contributed by atoms with Gasteiger partial charge in [-0.15, -0.1) is 0 Å². The van der Waals surface area contributed by atoms with Crippen molar-refractivity contribution in [1.29, 1.82) is 0 Å². The average molecular weight is 340 g/mol. The highest BCUT2D eigenvalue weighted by molar-refractivity contribution is 5.76. The van der Waals surface area contributed by atoms with Gasteiger partial charge in [-0.25, -0.2) is 4.39 Å². The van der Waals surface area contributed by atoms with Gasteiger partial charge >= 0.3 is 0 Å². The molecule has 3 nitrogen and oxygen atoms in total. The van der Waals surface area contributed by atoms with E-state index in [1.807, 2.05) is 4.90 Å². The van der Waals surface area contributed by atoms with Gasteiger partial charge in [0.2, 0.25) is 5.91 Å². The number of rotatable bonds is 5. The summed E-state index contributed by atoms with van der Waals surface area (Å²) < 4.78 is 12.9. The van der Waals surface area contributed by atoms with Gasteiger partial charge in [-0.1, -0.05) is 42.0 Å². The summed E-state index contributed by atoms with van der Waals surface area (Å²) in [7, 11) is 0. The monoisotopic (exact) mass is 340 g/mol. The number of aryl methyl sites for hydroxylation is 2. The van der Waals surface area contributed by atoms with Crippen molar-refractivity contribution in [2.45, 2.75) is 26.3 Å². The van der Waals surface area contributed by atoms with E-state index in [1.165, 1.54) is 23.3 Å². The molecule has 1 aliphatic heterocycles. The van der Waals surface area contributed by atoms with Crippen LogP contribution in [0.1, 0.15) is 23.1 Å². The Balaban J connectivity index is 1.43. The highest BCUT2D eigenvalue weighted by Crippen LogP contribution is 2.12. The minimum atomic E-state index is -0.236. The number of halogens is 1. The van der Waals surface area contributed by atoms with Crippen LogP contribution in [0.5, 0.6) is 0 Å². The van der Waals surface area contributed by atoms with E-state index in [1.54, 1.807) is 12.1 Å². The van der Waals surface area contributed by atoms with Crippen LogP contribution in [-0.2, 0) is 17.8 Å². The van der Waals surface area contributed by atoms with E-state index < -0.39 is 0 Å². The van der Waals surface area contributed by atoms with E-state index in [-0.39, 0.29) is 11.7 Å². The van der Waals surface area contributed by atoms with E-state index in [0.717, 1.165) is 38.3 Å². The first-order valence-corrected chi connectivity index (χ1v) is 8.90. The standard InChI is InChI=1S/C21H25FN2O/c1-17-3-2-4-19(15-17)16-23-11-13-24(14-12-23)21(25)10-7-18-5-8-20(22)9-6-18/h2-6,8-9,15H,7,10-14,16H2,1H3. The summed E-state index contributed by atoms with van der Waals surface area (Å²) in [6, 6.07) is 15.0. The number of carbonyl (C=O) groups excluding carboxylic acids is 1. The van der Waals surface area contributed by atoms with Gasteiger partial charge < -0.3 is 4.90 Å². The first kappa shape index (κ1) is 17.6. The molecule has 3 rings (SSSR count). The van der Waals surface area contributed by atoms with Gasteiger partial charge in [0.25, 0.3) is 0 Å². The maximum atomic E-state index is 12.9. The third-order valence-electron chi connectivity index (χ3n) is 4.75. The largest absolute Gasteiger partial charge is 0.340 e. The Labute approximate surface area is 149 Å². The molecule has 0 radical (unpaired) electrons. The van der Waals surface area contributed by atoms with Crippen molar-refractivity contribution in [1.82, 2.24) is 9.80 Å². The predicted molar refractivity (Wildman–Crippen MR) is 97.8 cm³/mol. The lowest BCUT2D eigenvalue weighted by Crippen LogP contribution is -2.48. The molecule has 0 spiro atoms. The van der Waals surface area contributed by atoms with Crippen LogP contribution in [-0.4, -0.2) is 41.9 Å². The second-order valence-electron chi connectivity index (χ2n) is 6.77. The lowest BCUT2D eigenvalue weighted by Gasteiger charge is -2.35. The molecule has 0 unspecified atom stereocenters. The molecule has 1 fully saturated rings. The fraction of sp³-hybridized carbons (Fsp3) is 0.381. The second kappa shape index (κ2) is 8.26. The zero-order valence-electron chi connectivity index (χ0n) is 14.7. The Bertz CT molecular complexity index is 706. The van der Waals surface area contributed by atoms with Gasteiger partial charge in [0, 0.05) is 39.1 Å².